The molecule has 5 rings (SSSR count). The SMILES string of the molecule is O=C(c1nn(-c2ccccc2F)c2c1CCC2)N1CCN(Cc2ccc(Cl)s2)CC1. The van der Waals surface area contributed by atoms with Crippen LogP contribution in [0.5, 0.6) is 0 Å². The van der Waals surface area contributed by atoms with Gasteiger partial charge in [-0.2, -0.15) is 5.10 Å². The second-order valence-corrected chi connectivity index (χ2v) is 9.56. The number of carbonyl (C=O) groups excluding carboxylic acids is 1. The van der Waals surface area contributed by atoms with Crippen LogP contribution in [0.4, 0.5) is 4.39 Å². The number of rotatable bonds is 4. The summed E-state index contributed by atoms with van der Waals surface area (Å²) in [6, 6.07) is 10.6. The Bertz CT molecular complexity index is 1090. The average Bonchev–Trinajstić information content (AvgIpc) is 3.46. The third-order valence-corrected chi connectivity index (χ3v) is 7.10. The molecular formula is C22H22ClFN4OS. The highest BCUT2D eigenvalue weighted by Gasteiger charge is 2.31. The number of carbonyl (C=O) groups is 1. The molecule has 1 amide bonds. The number of hydrogen-bond acceptors (Lipinski definition) is 4. The van der Waals surface area contributed by atoms with E-state index < -0.39 is 0 Å². The van der Waals surface area contributed by atoms with Gasteiger partial charge in [0.2, 0.25) is 0 Å². The number of hydrogen-bond donors (Lipinski definition) is 0. The van der Waals surface area contributed by atoms with Crippen LogP contribution in [0.2, 0.25) is 4.34 Å². The molecule has 5 nitrogen and oxygen atoms in total. The maximum atomic E-state index is 14.4. The smallest absolute Gasteiger partial charge is 0.274 e. The predicted octanol–water partition coefficient (Wildman–Crippen LogP) is 4.17. The van der Waals surface area contributed by atoms with E-state index in [1.54, 1.807) is 34.2 Å². The molecule has 0 unspecified atom stereocenters. The van der Waals surface area contributed by atoms with Crippen LogP contribution in [0.25, 0.3) is 5.69 Å². The third kappa shape index (κ3) is 3.66. The van der Waals surface area contributed by atoms with E-state index in [4.69, 9.17) is 11.6 Å². The van der Waals surface area contributed by atoms with Crippen molar-refractivity contribution in [1.29, 1.82) is 0 Å². The fraction of sp³-hybridized carbons (Fsp3) is 0.364. The number of piperazine rings is 1. The normalized spacial score (nSPS) is 16.8. The Balaban J connectivity index is 1.32. The van der Waals surface area contributed by atoms with E-state index in [1.807, 2.05) is 11.0 Å². The molecule has 1 aliphatic carbocycles. The van der Waals surface area contributed by atoms with Crippen LogP contribution in [0.3, 0.4) is 0 Å². The Kier molecular flexibility index (Phi) is 5.35. The van der Waals surface area contributed by atoms with Gasteiger partial charge >= 0.3 is 0 Å². The highest BCUT2D eigenvalue weighted by molar-refractivity contribution is 7.16. The van der Waals surface area contributed by atoms with Gasteiger partial charge in [-0.05, 0) is 43.5 Å². The molecule has 0 atom stereocenters. The van der Waals surface area contributed by atoms with Gasteiger partial charge in [-0.1, -0.05) is 23.7 Å². The molecule has 0 saturated carbocycles. The Labute approximate surface area is 183 Å². The fourth-order valence-corrected chi connectivity index (χ4v) is 5.48. The summed E-state index contributed by atoms with van der Waals surface area (Å²) < 4.78 is 16.8. The number of benzene rings is 1. The third-order valence-electron chi connectivity index (χ3n) is 5.88. The molecule has 3 aromatic rings. The lowest BCUT2D eigenvalue weighted by Gasteiger charge is -2.34. The molecule has 1 fully saturated rings. The molecule has 3 heterocycles. The van der Waals surface area contributed by atoms with Crippen LogP contribution >= 0.6 is 22.9 Å². The summed E-state index contributed by atoms with van der Waals surface area (Å²) in [6.45, 7) is 3.82. The van der Waals surface area contributed by atoms with Crippen molar-refractivity contribution in [2.45, 2.75) is 25.8 Å². The number of amides is 1. The molecule has 0 spiro atoms. The van der Waals surface area contributed by atoms with Gasteiger partial charge < -0.3 is 4.90 Å². The Morgan fingerprint density at radius 1 is 1.10 bits per heavy atom. The van der Waals surface area contributed by atoms with E-state index in [0.29, 0.717) is 24.5 Å². The lowest BCUT2D eigenvalue weighted by molar-refractivity contribution is 0.0622. The van der Waals surface area contributed by atoms with E-state index in [0.717, 1.165) is 54.5 Å². The quantitative estimate of drug-likeness (QED) is 0.606. The topological polar surface area (TPSA) is 41.4 Å². The standard InChI is InChI=1S/C22H22ClFN4OS/c23-20-9-8-15(30-20)14-26-10-12-27(13-11-26)22(29)21-16-4-3-7-18(16)28(25-21)19-6-2-1-5-17(19)24/h1-2,5-6,8-9H,3-4,7,10-14H2. The Morgan fingerprint density at radius 3 is 2.63 bits per heavy atom. The van der Waals surface area contributed by atoms with Gasteiger partial charge in [-0.15, -0.1) is 11.3 Å². The number of halogens is 2. The Hall–Kier alpha value is -2.22. The Morgan fingerprint density at radius 2 is 1.90 bits per heavy atom. The van der Waals surface area contributed by atoms with Crippen LogP contribution in [0.15, 0.2) is 36.4 Å². The van der Waals surface area contributed by atoms with Gasteiger partial charge in [-0.3, -0.25) is 9.69 Å². The van der Waals surface area contributed by atoms with Crippen LogP contribution in [-0.4, -0.2) is 51.7 Å². The van der Waals surface area contributed by atoms with Crippen molar-refractivity contribution >= 4 is 28.8 Å². The number of aromatic nitrogens is 2. The summed E-state index contributed by atoms with van der Waals surface area (Å²) in [5.41, 5.74) is 2.86. The first-order chi connectivity index (χ1) is 14.6. The van der Waals surface area contributed by atoms with Gasteiger partial charge in [0, 0.05) is 48.9 Å². The first-order valence-electron chi connectivity index (χ1n) is 10.2. The number of para-hydroxylation sites is 1. The zero-order valence-electron chi connectivity index (χ0n) is 16.5. The van der Waals surface area contributed by atoms with Crippen LogP contribution in [0, 0.1) is 5.82 Å². The molecular weight excluding hydrogens is 423 g/mol. The summed E-state index contributed by atoms with van der Waals surface area (Å²) >= 11 is 7.63. The molecule has 156 valence electrons. The van der Waals surface area contributed by atoms with Crippen molar-refractivity contribution in [3.63, 3.8) is 0 Å². The predicted molar refractivity (Wildman–Crippen MR) is 116 cm³/mol. The molecule has 1 saturated heterocycles. The van der Waals surface area contributed by atoms with Crippen molar-refractivity contribution in [2.75, 3.05) is 26.2 Å². The summed E-state index contributed by atoms with van der Waals surface area (Å²) in [4.78, 5) is 18.7. The molecule has 1 aromatic carbocycles. The maximum Gasteiger partial charge on any atom is 0.274 e. The molecule has 1 aliphatic heterocycles. The minimum atomic E-state index is -0.323. The van der Waals surface area contributed by atoms with Gasteiger partial charge in [0.25, 0.3) is 5.91 Å². The van der Waals surface area contributed by atoms with Crippen molar-refractivity contribution in [3.8, 4) is 5.69 Å². The van der Waals surface area contributed by atoms with Crippen molar-refractivity contribution in [2.24, 2.45) is 0 Å². The number of fused-ring (bicyclic) bond motifs is 1. The minimum absolute atomic E-state index is 0.0398. The molecule has 0 N–H and O–H groups in total. The maximum absolute atomic E-state index is 14.4. The molecule has 30 heavy (non-hydrogen) atoms. The summed E-state index contributed by atoms with van der Waals surface area (Å²) in [7, 11) is 0. The largest absolute Gasteiger partial charge is 0.335 e. The highest BCUT2D eigenvalue weighted by Crippen LogP contribution is 2.30. The monoisotopic (exact) mass is 444 g/mol. The first kappa shape index (κ1) is 19.7. The van der Waals surface area contributed by atoms with Crippen LogP contribution in [-0.2, 0) is 19.4 Å². The second kappa shape index (κ2) is 8.13. The average molecular weight is 445 g/mol. The van der Waals surface area contributed by atoms with Crippen LogP contribution < -0.4 is 0 Å². The van der Waals surface area contributed by atoms with Gasteiger partial charge in [0.1, 0.15) is 11.5 Å². The minimum Gasteiger partial charge on any atom is -0.335 e. The zero-order chi connectivity index (χ0) is 20.7. The van der Waals surface area contributed by atoms with Gasteiger partial charge in [0.05, 0.1) is 4.34 Å². The highest BCUT2D eigenvalue weighted by atomic mass is 35.5. The van der Waals surface area contributed by atoms with E-state index in [9.17, 15) is 9.18 Å². The van der Waals surface area contributed by atoms with Gasteiger partial charge in [-0.25, -0.2) is 9.07 Å². The number of thiophene rings is 1. The lowest BCUT2D eigenvalue weighted by atomic mass is 10.1. The fourth-order valence-electron chi connectivity index (χ4n) is 4.35. The zero-order valence-corrected chi connectivity index (χ0v) is 18.1. The van der Waals surface area contributed by atoms with E-state index in [-0.39, 0.29) is 11.7 Å². The molecule has 2 aromatic heterocycles. The summed E-state index contributed by atoms with van der Waals surface area (Å²) in [5, 5.41) is 4.59. The van der Waals surface area contributed by atoms with E-state index >= 15 is 0 Å². The summed E-state index contributed by atoms with van der Waals surface area (Å²) in [5.74, 6) is -0.363. The van der Waals surface area contributed by atoms with Crippen molar-refractivity contribution in [1.82, 2.24) is 19.6 Å². The van der Waals surface area contributed by atoms with E-state index in [1.165, 1.54) is 10.9 Å². The van der Waals surface area contributed by atoms with Gasteiger partial charge in [0.15, 0.2) is 5.69 Å². The number of nitrogens with zero attached hydrogens (tertiary/aromatic N) is 4. The molecule has 8 heteroatoms. The van der Waals surface area contributed by atoms with E-state index in [2.05, 4.69) is 16.1 Å². The second-order valence-electron chi connectivity index (χ2n) is 7.76. The van der Waals surface area contributed by atoms with Crippen molar-refractivity contribution in [3.05, 3.63) is 68.4 Å². The molecule has 2 aliphatic rings. The molecule has 0 bridgehead atoms. The first-order valence-corrected chi connectivity index (χ1v) is 11.4. The van der Waals surface area contributed by atoms with Crippen LogP contribution in [0.1, 0.15) is 33.0 Å². The lowest BCUT2D eigenvalue weighted by Crippen LogP contribution is -2.48. The summed E-state index contributed by atoms with van der Waals surface area (Å²) in [6.07, 6.45) is 2.62. The molecule has 0 radical (unpaired) electrons. The van der Waals surface area contributed by atoms with Crippen molar-refractivity contribution < 1.29 is 9.18 Å².